The molecule has 6 rings (SSSR count). The summed E-state index contributed by atoms with van der Waals surface area (Å²) in [7, 11) is 3.38. The molecule has 0 spiro atoms. The van der Waals surface area contributed by atoms with E-state index >= 15 is 0 Å². The average Bonchev–Trinajstić information content (AvgIpc) is 3.24. The number of nitrogens with zero attached hydrogens (tertiary/aromatic N) is 2. The molecule has 1 aromatic heterocycles. The first-order valence-corrected chi connectivity index (χ1v) is 20.4. The number of aromatic hydroxyl groups is 1. The van der Waals surface area contributed by atoms with Crippen LogP contribution in [0.2, 0.25) is 0 Å². The Labute approximate surface area is 344 Å². The second kappa shape index (κ2) is 20.6. The van der Waals surface area contributed by atoms with Crippen LogP contribution in [0.3, 0.4) is 0 Å². The molecule has 4 N–H and O–H groups in total. The van der Waals surface area contributed by atoms with Crippen LogP contribution in [0, 0.1) is 0 Å². The Morgan fingerprint density at radius 1 is 0.932 bits per heavy atom. The molecule has 1 atom stereocenters. The van der Waals surface area contributed by atoms with Crippen LogP contribution in [0.1, 0.15) is 67.7 Å². The van der Waals surface area contributed by atoms with Crippen molar-refractivity contribution in [2.24, 2.45) is 0 Å². The lowest BCUT2D eigenvalue weighted by atomic mass is 9.96. The van der Waals surface area contributed by atoms with Crippen molar-refractivity contribution in [3.8, 4) is 22.6 Å². The summed E-state index contributed by atoms with van der Waals surface area (Å²) in [5, 5.41) is 24.6. The molecule has 1 saturated heterocycles. The Morgan fingerprint density at radius 2 is 1.69 bits per heavy atom. The molecule has 0 unspecified atom stereocenters. The van der Waals surface area contributed by atoms with Gasteiger partial charge >= 0.3 is 6.09 Å². The molecule has 59 heavy (non-hydrogen) atoms. The summed E-state index contributed by atoms with van der Waals surface area (Å²) in [6.45, 7) is 2.60. The van der Waals surface area contributed by atoms with E-state index in [1.165, 1.54) is 12.1 Å². The Bertz CT molecular complexity index is 2270. The maximum Gasteiger partial charge on any atom is 0.411 e. The number of para-hydroxylation sites is 1. The highest BCUT2D eigenvalue weighted by Gasteiger charge is 2.24. The monoisotopic (exact) mass is 802 g/mol. The molecule has 1 fully saturated rings. The molecular formula is C47H54N4O8. The smallest absolute Gasteiger partial charge is 0.411 e. The number of piperidine rings is 1. The zero-order chi connectivity index (χ0) is 41.7. The van der Waals surface area contributed by atoms with Crippen molar-refractivity contribution in [2.75, 3.05) is 45.7 Å². The van der Waals surface area contributed by atoms with Crippen molar-refractivity contribution >= 4 is 34.4 Å². The number of fused-ring (bicyclic) bond motifs is 1. The van der Waals surface area contributed by atoms with E-state index in [1.54, 1.807) is 31.2 Å². The highest BCUT2D eigenvalue weighted by Crippen LogP contribution is 2.32. The number of carbonyl (C=O) groups excluding carboxylic acids is 3. The van der Waals surface area contributed by atoms with Crippen LogP contribution in [-0.4, -0.2) is 89.2 Å². The predicted octanol–water partition coefficient (Wildman–Crippen LogP) is 7.42. The summed E-state index contributed by atoms with van der Waals surface area (Å²) < 4.78 is 11.4. The summed E-state index contributed by atoms with van der Waals surface area (Å²) in [6, 6.07) is 29.5. The van der Waals surface area contributed by atoms with E-state index in [-0.39, 0.29) is 35.5 Å². The number of H-pyrrole nitrogens is 1. The van der Waals surface area contributed by atoms with Gasteiger partial charge in [-0.25, -0.2) is 4.79 Å². The lowest BCUT2D eigenvalue weighted by Gasteiger charge is -2.31. The molecule has 2 heterocycles. The van der Waals surface area contributed by atoms with Gasteiger partial charge in [-0.1, -0.05) is 66.7 Å². The molecule has 12 heteroatoms. The number of aromatic amines is 1. The van der Waals surface area contributed by atoms with Crippen molar-refractivity contribution in [1.82, 2.24) is 14.8 Å². The maximum absolute atomic E-state index is 12.9. The minimum Gasteiger partial charge on any atom is -0.506 e. The summed E-state index contributed by atoms with van der Waals surface area (Å²) >= 11 is 0. The normalized spacial score (nSPS) is 13.8. The number of phenols is 1. The molecule has 0 radical (unpaired) electrons. The van der Waals surface area contributed by atoms with Crippen molar-refractivity contribution < 1.29 is 34.1 Å². The number of benzene rings is 4. The molecule has 5 aromatic rings. The lowest BCUT2D eigenvalue weighted by molar-refractivity contribution is -0.130. The standard InChI is InChI=1S/C47H54N4O8/c1-50(45(56)25-29-51-27-23-36(24-28-51)59-47(57)48-40-15-7-6-14-37(40)33-10-4-3-5-11-33)26-9-13-35(52)30-32-17-18-34(43(31-32)58-2)12-8-16-41(53)38-19-21-42(54)46-39(38)20-22-44(55)49-46/h3-7,10-11,14-15,17-22,31,36,41,53-54H,8-9,12-13,16,23-30H2,1-2H3,(H,48,57)(H,49,55)/t41-/m0/s1. The highest BCUT2D eigenvalue weighted by molar-refractivity contribution is 5.91. The number of anilines is 1. The van der Waals surface area contributed by atoms with Crippen LogP contribution in [0.4, 0.5) is 10.5 Å². The lowest BCUT2D eigenvalue weighted by Crippen LogP contribution is -2.40. The Kier molecular flexibility index (Phi) is 14.9. The number of rotatable bonds is 18. The number of pyridine rings is 1. The zero-order valence-corrected chi connectivity index (χ0v) is 33.8. The zero-order valence-electron chi connectivity index (χ0n) is 33.8. The van der Waals surface area contributed by atoms with Crippen LogP contribution in [0.25, 0.3) is 22.0 Å². The number of aliphatic hydroxyl groups excluding tert-OH is 1. The summed E-state index contributed by atoms with van der Waals surface area (Å²) in [5.74, 6) is 0.762. The van der Waals surface area contributed by atoms with E-state index < -0.39 is 12.2 Å². The molecule has 1 aliphatic heterocycles. The number of methoxy groups -OCH3 is 1. The molecule has 2 amide bonds. The van der Waals surface area contributed by atoms with Crippen LogP contribution >= 0.6 is 0 Å². The van der Waals surface area contributed by atoms with Gasteiger partial charge in [0, 0.05) is 69.5 Å². The number of amides is 2. The number of ketones is 1. The molecule has 12 nitrogen and oxygen atoms in total. The van der Waals surface area contributed by atoms with Crippen molar-refractivity contribution in [3.05, 3.63) is 124 Å². The first kappa shape index (κ1) is 42.6. The summed E-state index contributed by atoms with van der Waals surface area (Å²) in [4.78, 5) is 56.9. The third-order valence-corrected chi connectivity index (χ3v) is 11.0. The molecular weight excluding hydrogens is 749 g/mol. The topological polar surface area (TPSA) is 162 Å². The minimum atomic E-state index is -0.789. The number of likely N-dealkylation sites (tertiary alicyclic amines) is 1. The molecule has 0 aliphatic carbocycles. The van der Waals surface area contributed by atoms with E-state index in [1.807, 2.05) is 72.8 Å². The second-order valence-corrected chi connectivity index (χ2v) is 15.2. The molecule has 310 valence electrons. The largest absolute Gasteiger partial charge is 0.506 e. The predicted molar refractivity (Wildman–Crippen MR) is 229 cm³/mol. The van der Waals surface area contributed by atoms with Gasteiger partial charge in [-0.05, 0) is 85.0 Å². The van der Waals surface area contributed by atoms with Gasteiger partial charge in [-0.15, -0.1) is 0 Å². The quantitative estimate of drug-likeness (QED) is 0.0707. The van der Waals surface area contributed by atoms with Gasteiger partial charge < -0.3 is 34.5 Å². The number of Topliss-reactive ketones (excluding diaryl/α,β-unsaturated/α-hetero) is 1. The molecule has 0 bridgehead atoms. The number of hydrogen-bond acceptors (Lipinski definition) is 9. The van der Waals surface area contributed by atoms with E-state index in [0.717, 1.165) is 35.3 Å². The van der Waals surface area contributed by atoms with Gasteiger partial charge in [0.15, 0.2) is 0 Å². The number of hydrogen-bond donors (Lipinski definition) is 4. The van der Waals surface area contributed by atoms with Crippen molar-refractivity contribution in [2.45, 2.75) is 70.0 Å². The van der Waals surface area contributed by atoms with E-state index in [4.69, 9.17) is 9.47 Å². The van der Waals surface area contributed by atoms with E-state index in [2.05, 4.69) is 15.2 Å². The van der Waals surface area contributed by atoms with Gasteiger partial charge in [-0.2, -0.15) is 0 Å². The van der Waals surface area contributed by atoms with E-state index in [9.17, 15) is 29.4 Å². The number of aliphatic hydroxyl groups is 1. The third kappa shape index (κ3) is 11.8. The minimum absolute atomic E-state index is 0.0351. The average molecular weight is 803 g/mol. The van der Waals surface area contributed by atoms with Gasteiger partial charge in [0.1, 0.15) is 23.4 Å². The van der Waals surface area contributed by atoms with Gasteiger partial charge in [0.05, 0.1) is 24.4 Å². The Morgan fingerprint density at radius 3 is 2.47 bits per heavy atom. The number of aryl methyl sites for hydroxylation is 1. The van der Waals surface area contributed by atoms with Crippen molar-refractivity contribution in [3.63, 3.8) is 0 Å². The van der Waals surface area contributed by atoms with Gasteiger partial charge in [0.25, 0.3) is 0 Å². The number of nitrogens with one attached hydrogen (secondary N) is 2. The first-order chi connectivity index (χ1) is 28.6. The Hall–Kier alpha value is -5.98. The van der Waals surface area contributed by atoms with Crippen LogP contribution in [0.15, 0.2) is 102 Å². The van der Waals surface area contributed by atoms with Crippen LogP contribution < -0.4 is 15.6 Å². The fraction of sp³-hybridized carbons (Fsp3) is 0.362. The maximum atomic E-state index is 12.9. The van der Waals surface area contributed by atoms with Crippen molar-refractivity contribution in [1.29, 1.82) is 0 Å². The number of phenolic OH excluding ortho intramolecular Hbond substituents is 1. The van der Waals surface area contributed by atoms with Crippen LogP contribution in [-0.2, 0) is 27.2 Å². The number of ether oxygens (including phenoxy) is 2. The fourth-order valence-corrected chi connectivity index (χ4v) is 7.70. The summed E-state index contributed by atoms with van der Waals surface area (Å²) in [6.07, 6.45) is 3.31. The van der Waals surface area contributed by atoms with Crippen LogP contribution in [0.5, 0.6) is 11.5 Å². The molecule has 0 saturated carbocycles. The first-order valence-electron chi connectivity index (χ1n) is 20.4. The number of carbonyl (C=O) groups is 3. The summed E-state index contributed by atoms with van der Waals surface area (Å²) in [5.41, 5.74) is 5.08. The van der Waals surface area contributed by atoms with Gasteiger partial charge in [-0.3, -0.25) is 19.7 Å². The van der Waals surface area contributed by atoms with Gasteiger partial charge in [0.2, 0.25) is 11.5 Å². The van der Waals surface area contributed by atoms with E-state index in [0.29, 0.717) is 92.4 Å². The third-order valence-electron chi connectivity index (χ3n) is 11.0. The fourth-order valence-electron chi connectivity index (χ4n) is 7.70. The second-order valence-electron chi connectivity index (χ2n) is 15.2. The molecule has 4 aromatic carbocycles. The molecule has 1 aliphatic rings. The number of aromatic nitrogens is 1. The Balaban J connectivity index is 0.860. The highest BCUT2D eigenvalue weighted by atomic mass is 16.6. The SMILES string of the molecule is COc1cc(CC(=O)CCCN(C)C(=O)CCN2CCC(OC(=O)Nc3ccccc3-c3ccccc3)CC2)ccc1CCC[C@H](O)c1ccc(O)c2[nH]c(=O)ccc12.